The van der Waals surface area contributed by atoms with Crippen LogP contribution in [0.4, 0.5) is 0 Å². The number of rotatable bonds is 6. The van der Waals surface area contributed by atoms with E-state index in [1.807, 2.05) is 6.92 Å². The minimum absolute atomic E-state index is 0.0101. The van der Waals surface area contributed by atoms with E-state index in [-0.39, 0.29) is 35.4 Å². The molecule has 2 aliphatic rings. The van der Waals surface area contributed by atoms with E-state index in [0.717, 1.165) is 29.1 Å². The van der Waals surface area contributed by atoms with E-state index >= 15 is 0 Å². The van der Waals surface area contributed by atoms with Crippen LogP contribution >= 0.6 is 0 Å². The summed E-state index contributed by atoms with van der Waals surface area (Å²) in [6, 6.07) is 12.4. The number of sulfonamides is 1. The number of hydrogen-bond donors (Lipinski definition) is 1. The number of nitrogens with zero attached hydrogens (tertiary/aromatic N) is 1. The zero-order valence-corrected chi connectivity index (χ0v) is 17.9. The maximum Gasteiger partial charge on any atom is 0.269 e. The third-order valence-electron chi connectivity index (χ3n) is 5.97. The number of carbonyl (C=O) groups is 2. The molecule has 158 valence electrons. The molecular formula is C23H26N2O4S. The molecule has 1 aliphatic heterocycles. The maximum absolute atomic E-state index is 12.6. The molecule has 0 aromatic heterocycles. The molecule has 0 unspecified atom stereocenters. The zero-order chi connectivity index (χ0) is 21.3. The van der Waals surface area contributed by atoms with Gasteiger partial charge in [-0.2, -0.15) is 0 Å². The van der Waals surface area contributed by atoms with Gasteiger partial charge in [0.25, 0.3) is 15.9 Å². The molecule has 0 bridgehead atoms. The first-order valence-corrected chi connectivity index (χ1v) is 11.9. The lowest BCUT2D eigenvalue weighted by Gasteiger charge is -2.22. The summed E-state index contributed by atoms with van der Waals surface area (Å²) in [5.74, 6) is -0.835. The van der Waals surface area contributed by atoms with Gasteiger partial charge in [-0.15, -0.1) is 0 Å². The highest BCUT2D eigenvalue weighted by molar-refractivity contribution is 7.90. The van der Waals surface area contributed by atoms with Crippen molar-refractivity contribution in [2.24, 2.45) is 0 Å². The summed E-state index contributed by atoms with van der Waals surface area (Å²) < 4.78 is 26.0. The van der Waals surface area contributed by atoms with Crippen molar-refractivity contribution in [1.29, 1.82) is 0 Å². The molecule has 4 rings (SSSR count). The van der Waals surface area contributed by atoms with Gasteiger partial charge in [-0.25, -0.2) is 12.7 Å². The average Bonchev–Trinajstić information content (AvgIpc) is 2.95. The Hall–Kier alpha value is -2.67. The largest absolute Gasteiger partial charge is 0.349 e. The Labute approximate surface area is 177 Å². The lowest BCUT2D eigenvalue weighted by Crippen LogP contribution is -2.35. The van der Waals surface area contributed by atoms with Gasteiger partial charge in [0.15, 0.2) is 0 Å². The molecule has 1 heterocycles. The van der Waals surface area contributed by atoms with Crippen LogP contribution in [0.3, 0.4) is 0 Å². The van der Waals surface area contributed by atoms with Crippen LogP contribution in [-0.2, 0) is 27.7 Å². The zero-order valence-electron chi connectivity index (χ0n) is 17.1. The van der Waals surface area contributed by atoms with Gasteiger partial charge < -0.3 is 5.32 Å². The third-order valence-corrected chi connectivity index (χ3v) is 7.81. The van der Waals surface area contributed by atoms with E-state index in [1.165, 1.54) is 36.1 Å². The summed E-state index contributed by atoms with van der Waals surface area (Å²) in [5, 5.41) is 3.01. The number of nitrogens with one attached hydrogen (secondary N) is 1. The first kappa shape index (κ1) is 20.6. The smallest absolute Gasteiger partial charge is 0.269 e. The van der Waals surface area contributed by atoms with Crippen LogP contribution in [0.1, 0.15) is 65.7 Å². The van der Waals surface area contributed by atoms with E-state index in [0.29, 0.717) is 0 Å². The molecule has 0 saturated carbocycles. The number of aryl methyl sites for hydroxylation is 2. The highest BCUT2D eigenvalue weighted by Gasteiger charge is 2.40. The molecule has 30 heavy (non-hydrogen) atoms. The summed E-state index contributed by atoms with van der Waals surface area (Å²) in [4.78, 5) is 25.1. The van der Waals surface area contributed by atoms with Gasteiger partial charge in [0.1, 0.15) is 4.90 Å². The van der Waals surface area contributed by atoms with Crippen LogP contribution in [-0.4, -0.2) is 31.1 Å². The number of amides is 2. The quantitative estimate of drug-likeness (QED) is 0.768. The van der Waals surface area contributed by atoms with Crippen molar-refractivity contribution in [2.45, 2.75) is 56.4 Å². The van der Waals surface area contributed by atoms with Crippen molar-refractivity contribution in [3.05, 3.63) is 64.7 Å². The summed E-state index contributed by atoms with van der Waals surface area (Å²) >= 11 is 0. The Kier molecular flexibility index (Phi) is 5.64. The summed E-state index contributed by atoms with van der Waals surface area (Å²) in [6.07, 6.45) is 5.27. The molecule has 0 spiro atoms. The van der Waals surface area contributed by atoms with Crippen LogP contribution in [0.5, 0.6) is 0 Å². The van der Waals surface area contributed by atoms with Crippen molar-refractivity contribution in [1.82, 2.24) is 9.62 Å². The van der Waals surface area contributed by atoms with Crippen LogP contribution in [0.2, 0.25) is 0 Å². The van der Waals surface area contributed by atoms with E-state index < -0.39 is 15.9 Å². The van der Waals surface area contributed by atoms with Gasteiger partial charge >= 0.3 is 0 Å². The lowest BCUT2D eigenvalue weighted by atomic mass is 9.89. The van der Waals surface area contributed by atoms with Gasteiger partial charge in [0.2, 0.25) is 5.91 Å². The number of benzene rings is 2. The predicted molar refractivity (Wildman–Crippen MR) is 114 cm³/mol. The van der Waals surface area contributed by atoms with E-state index in [9.17, 15) is 18.0 Å². The van der Waals surface area contributed by atoms with Crippen LogP contribution in [0, 0.1) is 0 Å². The van der Waals surface area contributed by atoms with Crippen molar-refractivity contribution < 1.29 is 18.0 Å². The topological polar surface area (TPSA) is 83.6 Å². The summed E-state index contributed by atoms with van der Waals surface area (Å²) in [6.45, 7) is 1.85. The fourth-order valence-electron chi connectivity index (χ4n) is 4.31. The van der Waals surface area contributed by atoms with Gasteiger partial charge in [0.05, 0.1) is 11.6 Å². The molecule has 1 aliphatic carbocycles. The second kappa shape index (κ2) is 8.22. The molecule has 2 amide bonds. The molecule has 1 N–H and O–H groups in total. The Morgan fingerprint density at radius 3 is 2.57 bits per heavy atom. The Balaban J connectivity index is 1.42. The average molecular weight is 427 g/mol. The first-order chi connectivity index (χ1) is 14.4. The van der Waals surface area contributed by atoms with Crippen molar-refractivity contribution in [3.8, 4) is 0 Å². The second-order valence-corrected chi connectivity index (χ2v) is 9.72. The second-order valence-electron chi connectivity index (χ2n) is 7.89. The van der Waals surface area contributed by atoms with Gasteiger partial charge in [-0.3, -0.25) is 9.59 Å². The minimum atomic E-state index is -3.88. The Bertz CT molecular complexity index is 1090. The number of fused-ring (bicyclic) bond motifs is 2. The fourth-order valence-corrected chi connectivity index (χ4v) is 5.88. The maximum atomic E-state index is 12.6. The monoisotopic (exact) mass is 426 g/mol. The number of carbonyl (C=O) groups excluding carboxylic acids is 2. The molecular weight excluding hydrogens is 400 g/mol. The minimum Gasteiger partial charge on any atom is -0.349 e. The van der Waals surface area contributed by atoms with E-state index in [2.05, 4.69) is 23.5 Å². The van der Waals surface area contributed by atoms with Crippen molar-refractivity contribution >= 4 is 21.8 Å². The SMILES string of the molecule is CC[C@H](NC(=O)CCN1C(=O)c2ccccc2S1(=O)=O)c1ccc2c(c1)CCCC2. The highest BCUT2D eigenvalue weighted by atomic mass is 32.2. The molecule has 2 aromatic carbocycles. The third kappa shape index (κ3) is 3.74. The lowest BCUT2D eigenvalue weighted by molar-refractivity contribution is -0.121. The Morgan fingerprint density at radius 1 is 1.10 bits per heavy atom. The first-order valence-electron chi connectivity index (χ1n) is 10.5. The molecule has 0 fully saturated rings. The van der Waals surface area contributed by atoms with Crippen LogP contribution in [0.25, 0.3) is 0 Å². The Morgan fingerprint density at radius 2 is 1.83 bits per heavy atom. The molecule has 6 nitrogen and oxygen atoms in total. The highest BCUT2D eigenvalue weighted by Crippen LogP contribution is 2.30. The van der Waals surface area contributed by atoms with E-state index in [1.54, 1.807) is 12.1 Å². The van der Waals surface area contributed by atoms with Crippen LogP contribution in [0.15, 0.2) is 47.4 Å². The molecule has 0 saturated heterocycles. The van der Waals surface area contributed by atoms with Crippen LogP contribution < -0.4 is 5.32 Å². The molecule has 0 radical (unpaired) electrons. The standard InChI is InChI=1S/C23H26N2O4S/c1-2-20(18-12-11-16-7-3-4-8-17(16)15-18)24-22(26)13-14-25-23(27)19-9-5-6-10-21(19)30(25,28)29/h5-6,9-12,15,20H,2-4,7-8,13-14H2,1H3,(H,24,26)/t20-/m0/s1. The van der Waals surface area contributed by atoms with Crippen molar-refractivity contribution in [3.63, 3.8) is 0 Å². The summed E-state index contributed by atoms with van der Waals surface area (Å²) in [5.41, 5.74) is 3.99. The number of hydrogen-bond acceptors (Lipinski definition) is 4. The van der Waals surface area contributed by atoms with E-state index in [4.69, 9.17) is 0 Å². The van der Waals surface area contributed by atoms with Crippen molar-refractivity contribution in [2.75, 3.05) is 6.54 Å². The summed E-state index contributed by atoms with van der Waals surface area (Å²) in [7, 11) is -3.88. The molecule has 7 heteroatoms. The molecule has 1 atom stereocenters. The molecule has 2 aromatic rings. The fraction of sp³-hybridized carbons (Fsp3) is 0.391. The van der Waals surface area contributed by atoms with Gasteiger partial charge in [-0.05, 0) is 60.9 Å². The van der Waals surface area contributed by atoms with Gasteiger partial charge in [-0.1, -0.05) is 37.3 Å². The van der Waals surface area contributed by atoms with Gasteiger partial charge in [0, 0.05) is 13.0 Å². The predicted octanol–water partition coefficient (Wildman–Crippen LogP) is 3.37. The normalized spacial score (nSPS) is 17.9.